The fourth-order valence-electron chi connectivity index (χ4n) is 4.06. The molecule has 0 saturated carbocycles. The summed E-state index contributed by atoms with van der Waals surface area (Å²) in [5.41, 5.74) is 0.574. The number of amides is 1. The Labute approximate surface area is 163 Å². The van der Waals surface area contributed by atoms with Crippen molar-refractivity contribution in [2.75, 3.05) is 39.3 Å². The van der Waals surface area contributed by atoms with E-state index in [1.165, 1.54) is 6.42 Å². The third-order valence-electron chi connectivity index (χ3n) is 5.88. The molecule has 2 fully saturated rings. The summed E-state index contributed by atoms with van der Waals surface area (Å²) < 4.78 is 27.3. The zero-order chi connectivity index (χ0) is 19.4. The Bertz CT molecular complexity index is 740. The van der Waals surface area contributed by atoms with Crippen molar-refractivity contribution in [2.24, 2.45) is 0 Å². The molecule has 1 unspecified atom stereocenters. The van der Waals surface area contributed by atoms with E-state index in [4.69, 9.17) is 0 Å². The highest BCUT2D eigenvalue weighted by Crippen LogP contribution is 2.23. The van der Waals surface area contributed by atoms with E-state index < -0.39 is 10.0 Å². The van der Waals surface area contributed by atoms with Crippen molar-refractivity contribution in [3.05, 3.63) is 29.8 Å². The predicted octanol–water partition coefficient (Wildman–Crippen LogP) is 2.42. The Morgan fingerprint density at radius 1 is 1.00 bits per heavy atom. The van der Waals surface area contributed by atoms with E-state index in [1.807, 2.05) is 4.90 Å². The number of sulfonamides is 1. The highest BCUT2D eigenvalue weighted by molar-refractivity contribution is 7.89. The van der Waals surface area contributed by atoms with E-state index in [9.17, 15) is 13.2 Å². The summed E-state index contributed by atoms with van der Waals surface area (Å²) in [6.45, 7) is 8.50. The highest BCUT2D eigenvalue weighted by Gasteiger charge is 2.29. The Balaban J connectivity index is 1.72. The van der Waals surface area contributed by atoms with E-state index in [0.29, 0.717) is 24.7 Å². The van der Waals surface area contributed by atoms with Crippen LogP contribution in [0.15, 0.2) is 29.2 Å². The van der Waals surface area contributed by atoms with Gasteiger partial charge in [0, 0.05) is 44.3 Å². The fourth-order valence-corrected chi connectivity index (χ4v) is 5.49. The summed E-state index contributed by atoms with van der Waals surface area (Å²) in [6.07, 6.45) is 4.23. The topological polar surface area (TPSA) is 60.9 Å². The number of nitrogens with zero attached hydrogens (tertiary/aromatic N) is 3. The molecule has 1 atom stereocenters. The minimum Gasteiger partial charge on any atom is -0.336 e. The molecule has 6 nitrogen and oxygen atoms in total. The van der Waals surface area contributed by atoms with Gasteiger partial charge in [0.25, 0.3) is 5.91 Å². The first-order valence-electron chi connectivity index (χ1n) is 10.1. The minimum absolute atomic E-state index is 0.0158. The van der Waals surface area contributed by atoms with Crippen molar-refractivity contribution < 1.29 is 13.2 Å². The average molecular weight is 394 g/mol. The Morgan fingerprint density at radius 3 is 2.26 bits per heavy atom. The standard InChI is InChI=1S/C20H31N3O3S/c1-3-18-7-5-6-12-23(18)20(24)17-8-10-19(11-9-17)27(25,26)22-15-13-21(4-2)14-16-22/h8-11,18H,3-7,12-16H2,1-2H3. The number of carbonyl (C=O) groups excluding carboxylic acids is 1. The molecule has 0 aliphatic carbocycles. The van der Waals surface area contributed by atoms with Crippen LogP contribution in [0.2, 0.25) is 0 Å². The van der Waals surface area contributed by atoms with Gasteiger partial charge in [-0.2, -0.15) is 4.31 Å². The number of carbonyl (C=O) groups is 1. The van der Waals surface area contributed by atoms with Crippen molar-refractivity contribution in [3.8, 4) is 0 Å². The second-order valence-electron chi connectivity index (χ2n) is 7.42. The fraction of sp³-hybridized carbons (Fsp3) is 0.650. The van der Waals surface area contributed by atoms with Gasteiger partial charge in [0.2, 0.25) is 10.0 Å². The smallest absolute Gasteiger partial charge is 0.254 e. The lowest BCUT2D eigenvalue weighted by Crippen LogP contribution is -2.48. The number of piperidine rings is 1. The highest BCUT2D eigenvalue weighted by atomic mass is 32.2. The summed E-state index contributed by atoms with van der Waals surface area (Å²) in [4.78, 5) is 17.3. The molecule has 27 heavy (non-hydrogen) atoms. The molecule has 2 aliphatic heterocycles. The van der Waals surface area contributed by atoms with Crippen LogP contribution in [-0.2, 0) is 10.0 Å². The summed E-state index contributed by atoms with van der Waals surface area (Å²) in [6, 6.07) is 6.79. The SMILES string of the molecule is CCC1CCCCN1C(=O)c1ccc(S(=O)(=O)N2CCN(CC)CC2)cc1. The molecule has 1 aromatic carbocycles. The van der Waals surface area contributed by atoms with Gasteiger partial charge in [0.1, 0.15) is 0 Å². The number of piperazine rings is 1. The first kappa shape index (κ1) is 20.3. The zero-order valence-electron chi connectivity index (χ0n) is 16.4. The Morgan fingerprint density at radius 2 is 1.67 bits per heavy atom. The van der Waals surface area contributed by atoms with Crippen LogP contribution >= 0.6 is 0 Å². The van der Waals surface area contributed by atoms with E-state index in [2.05, 4.69) is 18.7 Å². The van der Waals surface area contributed by atoms with Crippen LogP contribution in [0.25, 0.3) is 0 Å². The lowest BCUT2D eigenvalue weighted by atomic mass is 9.99. The summed E-state index contributed by atoms with van der Waals surface area (Å²) in [5.74, 6) is 0.0158. The number of benzene rings is 1. The van der Waals surface area contributed by atoms with Gasteiger partial charge in [-0.1, -0.05) is 13.8 Å². The van der Waals surface area contributed by atoms with Gasteiger partial charge in [-0.15, -0.1) is 0 Å². The number of hydrogen-bond acceptors (Lipinski definition) is 4. The van der Waals surface area contributed by atoms with Crippen molar-refractivity contribution in [1.82, 2.24) is 14.1 Å². The molecule has 3 rings (SSSR count). The van der Waals surface area contributed by atoms with Gasteiger partial charge in [0.15, 0.2) is 0 Å². The van der Waals surface area contributed by atoms with Gasteiger partial charge >= 0.3 is 0 Å². The van der Waals surface area contributed by atoms with Crippen molar-refractivity contribution in [2.45, 2.75) is 50.5 Å². The van der Waals surface area contributed by atoms with E-state index >= 15 is 0 Å². The molecule has 0 N–H and O–H groups in total. The maximum absolute atomic E-state index is 12.9. The Kier molecular flexibility index (Phi) is 6.55. The second kappa shape index (κ2) is 8.71. The number of likely N-dealkylation sites (N-methyl/N-ethyl adjacent to an activating group) is 1. The molecule has 1 amide bonds. The molecule has 7 heteroatoms. The van der Waals surface area contributed by atoms with E-state index in [0.717, 1.165) is 45.4 Å². The van der Waals surface area contributed by atoms with Gasteiger partial charge in [-0.3, -0.25) is 4.79 Å². The van der Waals surface area contributed by atoms with Crippen molar-refractivity contribution in [1.29, 1.82) is 0 Å². The van der Waals surface area contributed by atoms with Crippen LogP contribution in [-0.4, -0.2) is 73.7 Å². The monoisotopic (exact) mass is 393 g/mol. The molecule has 1 aromatic rings. The predicted molar refractivity (Wildman–Crippen MR) is 106 cm³/mol. The summed E-state index contributed by atoms with van der Waals surface area (Å²) in [7, 11) is -3.49. The maximum Gasteiger partial charge on any atom is 0.254 e. The maximum atomic E-state index is 12.9. The van der Waals surface area contributed by atoms with Crippen molar-refractivity contribution in [3.63, 3.8) is 0 Å². The Hall–Kier alpha value is -1.44. The van der Waals surface area contributed by atoms with Gasteiger partial charge in [-0.25, -0.2) is 8.42 Å². The van der Waals surface area contributed by atoms with Gasteiger partial charge < -0.3 is 9.80 Å². The molecule has 2 aliphatic rings. The number of rotatable bonds is 5. The quantitative estimate of drug-likeness (QED) is 0.771. The third kappa shape index (κ3) is 4.36. The molecule has 150 valence electrons. The molecule has 0 aromatic heterocycles. The zero-order valence-corrected chi connectivity index (χ0v) is 17.2. The molecule has 0 bridgehead atoms. The lowest BCUT2D eigenvalue weighted by molar-refractivity contribution is 0.0608. The van der Waals surface area contributed by atoms with Crippen LogP contribution in [0.1, 0.15) is 49.9 Å². The molecule has 0 radical (unpaired) electrons. The van der Waals surface area contributed by atoms with E-state index in [-0.39, 0.29) is 10.8 Å². The minimum atomic E-state index is -3.49. The first-order valence-corrected chi connectivity index (χ1v) is 11.5. The molecule has 2 heterocycles. The molecular weight excluding hydrogens is 362 g/mol. The van der Waals surface area contributed by atoms with E-state index in [1.54, 1.807) is 28.6 Å². The van der Waals surface area contributed by atoms with Crippen molar-refractivity contribution >= 4 is 15.9 Å². The second-order valence-corrected chi connectivity index (χ2v) is 9.36. The summed E-state index contributed by atoms with van der Waals surface area (Å²) >= 11 is 0. The number of hydrogen-bond donors (Lipinski definition) is 0. The molecular formula is C20H31N3O3S. The van der Waals surface area contributed by atoms with Crippen LogP contribution in [0.5, 0.6) is 0 Å². The van der Waals surface area contributed by atoms with Crippen LogP contribution in [0.3, 0.4) is 0 Å². The molecule has 2 saturated heterocycles. The van der Waals surface area contributed by atoms with Gasteiger partial charge in [-0.05, 0) is 56.5 Å². The first-order chi connectivity index (χ1) is 13.0. The van der Waals surface area contributed by atoms with Crippen LogP contribution < -0.4 is 0 Å². The van der Waals surface area contributed by atoms with Crippen LogP contribution in [0.4, 0.5) is 0 Å². The van der Waals surface area contributed by atoms with Gasteiger partial charge in [0.05, 0.1) is 4.90 Å². The number of likely N-dealkylation sites (tertiary alicyclic amines) is 1. The summed E-state index contributed by atoms with van der Waals surface area (Å²) in [5, 5.41) is 0. The molecule has 0 spiro atoms. The normalized spacial score (nSPS) is 22.7. The lowest BCUT2D eigenvalue weighted by Gasteiger charge is -2.35. The van der Waals surface area contributed by atoms with Crippen LogP contribution in [0, 0.1) is 0 Å². The largest absolute Gasteiger partial charge is 0.336 e. The average Bonchev–Trinajstić information content (AvgIpc) is 2.73. The third-order valence-corrected chi connectivity index (χ3v) is 7.79.